The summed E-state index contributed by atoms with van der Waals surface area (Å²) in [7, 11) is -0.649. The zero-order valence-corrected chi connectivity index (χ0v) is 6.87. The molecule has 2 nitrogen and oxygen atoms in total. The fourth-order valence-electron chi connectivity index (χ4n) is 0.509. The lowest BCUT2D eigenvalue weighted by molar-refractivity contribution is 0.149. The van der Waals surface area contributed by atoms with Crippen LogP contribution in [0.4, 0.5) is 0 Å². The quantitative estimate of drug-likeness (QED) is 0.542. The van der Waals surface area contributed by atoms with E-state index in [1.165, 1.54) is 0 Å². The van der Waals surface area contributed by atoms with E-state index < -0.39 is 10.8 Å². The van der Waals surface area contributed by atoms with Crippen LogP contribution >= 0.6 is 0 Å². The first-order valence-corrected chi connectivity index (χ1v) is 4.88. The molecule has 0 heterocycles. The molecule has 0 aromatic rings. The van der Waals surface area contributed by atoms with Gasteiger partial charge in [-0.2, -0.15) is 0 Å². The summed E-state index contributed by atoms with van der Waals surface area (Å²) < 4.78 is 15.5. The number of hydrogen-bond acceptors (Lipinski definition) is 2. The Morgan fingerprint density at radius 2 is 2.22 bits per heavy atom. The van der Waals surface area contributed by atoms with Crippen molar-refractivity contribution in [2.24, 2.45) is 0 Å². The van der Waals surface area contributed by atoms with Gasteiger partial charge in [-0.25, -0.2) is 0 Å². The van der Waals surface area contributed by atoms with Crippen molar-refractivity contribution < 1.29 is 8.95 Å². The first-order valence-electron chi connectivity index (χ1n) is 3.15. The maximum Gasteiger partial charge on any atom is 0.0474 e. The molecule has 1 unspecified atom stereocenters. The summed E-state index contributed by atoms with van der Waals surface area (Å²) in [4.78, 5) is 0. The normalized spacial score (nSPS) is 13.6. The van der Waals surface area contributed by atoms with E-state index in [-0.39, 0.29) is 0 Å². The molecule has 0 rings (SSSR count). The molecule has 0 aliphatic carbocycles. The lowest BCUT2D eigenvalue weighted by Gasteiger charge is -1.97. The number of rotatable bonds is 5. The van der Waals surface area contributed by atoms with E-state index in [0.29, 0.717) is 0 Å². The zero-order valence-electron chi connectivity index (χ0n) is 6.05. The third-order valence-electron chi connectivity index (χ3n) is 0.925. The van der Waals surface area contributed by atoms with Crippen LogP contribution in [0.15, 0.2) is 0 Å². The Morgan fingerprint density at radius 1 is 1.56 bits per heavy atom. The van der Waals surface area contributed by atoms with Crippen LogP contribution in [-0.4, -0.2) is 29.4 Å². The second-order valence-electron chi connectivity index (χ2n) is 1.83. The van der Waals surface area contributed by atoms with Gasteiger partial charge in [0.15, 0.2) is 0 Å². The van der Waals surface area contributed by atoms with E-state index in [1.54, 1.807) is 6.26 Å². The number of ether oxygens (including phenoxy) is 1. The van der Waals surface area contributed by atoms with E-state index in [0.717, 1.165) is 25.4 Å². The van der Waals surface area contributed by atoms with Gasteiger partial charge in [0.2, 0.25) is 0 Å². The molecule has 0 saturated heterocycles. The monoisotopic (exact) mass is 150 g/mol. The van der Waals surface area contributed by atoms with Crippen LogP contribution in [0.1, 0.15) is 13.3 Å². The second-order valence-corrected chi connectivity index (χ2v) is 3.38. The summed E-state index contributed by atoms with van der Waals surface area (Å²) in [6.45, 7) is 3.47. The molecular formula is C6H14O2S. The molecule has 0 aliphatic rings. The summed E-state index contributed by atoms with van der Waals surface area (Å²) in [5.41, 5.74) is 0. The molecule has 9 heavy (non-hydrogen) atoms. The van der Waals surface area contributed by atoms with Crippen molar-refractivity contribution in [3.8, 4) is 0 Å². The third kappa shape index (κ3) is 8.11. The Morgan fingerprint density at radius 3 is 2.67 bits per heavy atom. The molecule has 0 amide bonds. The van der Waals surface area contributed by atoms with E-state index in [2.05, 4.69) is 0 Å². The predicted molar refractivity (Wildman–Crippen MR) is 40.0 cm³/mol. The van der Waals surface area contributed by atoms with E-state index >= 15 is 0 Å². The topological polar surface area (TPSA) is 26.3 Å². The fraction of sp³-hybridized carbons (Fsp3) is 1.00. The van der Waals surface area contributed by atoms with Gasteiger partial charge in [-0.1, -0.05) is 0 Å². The van der Waals surface area contributed by atoms with Crippen molar-refractivity contribution >= 4 is 10.8 Å². The lowest BCUT2D eigenvalue weighted by atomic mass is 10.5. The average Bonchev–Trinajstić information content (AvgIpc) is 1.80. The summed E-state index contributed by atoms with van der Waals surface area (Å²) in [5, 5.41) is 0. The van der Waals surface area contributed by atoms with Crippen LogP contribution in [0.3, 0.4) is 0 Å². The lowest BCUT2D eigenvalue weighted by Crippen LogP contribution is -2.00. The summed E-state index contributed by atoms with van der Waals surface area (Å²) in [6, 6.07) is 0. The Balaban J connectivity index is 2.83. The molecule has 3 heteroatoms. The van der Waals surface area contributed by atoms with Gasteiger partial charge in [0.1, 0.15) is 0 Å². The van der Waals surface area contributed by atoms with E-state index in [4.69, 9.17) is 4.74 Å². The minimum Gasteiger partial charge on any atom is -0.382 e. The molecular weight excluding hydrogens is 136 g/mol. The fourth-order valence-corrected chi connectivity index (χ4v) is 1.03. The molecule has 0 spiro atoms. The van der Waals surface area contributed by atoms with Crippen LogP contribution in [0.5, 0.6) is 0 Å². The summed E-state index contributed by atoms with van der Waals surface area (Å²) in [5.74, 6) is 0.764. The highest BCUT2D eigenvalue weighted by Crippen LogP contribution is 1.84. The Hall–Kier alpha value is 0.110. The van der Waals surface area contributed by atoms with Gasteiger partial charge in [0, 0.05) is 36.0 Å². The predicted octanol–water partition coefficient (Wildman–Crippen LogP) is 0.792. The van der Waals surface area contributed by atoms with Gasteiger partial charge >= 0.3 is 0 Å². The van der Waals surface area contributed by atoms with Gasteiger partial charge in [-0.05, 0) is 13.3 Å². The Bertz CT molecular complexity index is 83.1. The van der Waals surface area contributed by atoms with Crippen molar-refractivity contribution in [2.75, 3.05) is 25.2 Å². The van der Waals surface area contributed by atoms with Crippen LogP contribution in [0, 0.1) is 0 Å². The van der Waals surface area contributed by atoms with Crippen LogP contribution in [-0.2, 0) is 15.5 Å². The van der Waals surface area contributed by atoms with Crippen molar-refractivity contribution in [2.45, 2.75) is 13.3 Å². The van der Waals surface area contributed by atoms with Gasteiger partial charge in [-0.3, -0.25) is 4.21 Å². The van der Waals surface area contributed by atoms with Crippen molar-refractivity contribution in [3.05, 3.63) is 0 Å². The standard InChI is InChI=1S/C6H14O2S/c1-3-8-5-4-6-9(2)7/h3-6H2,1-2H3. The molecule has 0 fully saturated rings. The van der Waals surface area contributed by atoms with Gasteiger partial charge in [0.05, 0.1) is 0 Å². The van der Waals surface area contributed by atoms with Crippen molar-refractivity contribution in [3.63, 3.8) is 0 Å². The first kappa shape index (κ1) is 9.11. The highest BCUT2D eigenvalue weighted by molar-refractivity contribution is 7.84. The second kappa shape index (κ2) is 6.23. The highest BCUT2D eigenvalue weighted by Gasteiger charge is 1.89. The minimum atomic E-state index is -0.649. The molecule has 0 saturated carbocycles. The third-order valence-corrected chi connectivity index (χ3v) is 1.79. The first-order chi connectivity index (χ1) is 4.27. The minimum absolute atomic E-state index is 0.649. The molecule has 0 aromatic heterocycles. The molecule has 0 radical (unpaired) electrons. The Kier molecular flexibility index (Phi) is 6.31. The van der Waals surface area contributed by atoms with Crippen molar-refractivity contribution in [1.82, 2.24) is 0 Å². The van der Waals surface area contributed by atoms with Crippen LogP contribution < -0.4 is 0 Å². The van der Waals surface area contributed by atoms with E-state index in [9.17, 15) is 4.21 Å². The van der Waals surface area contributed by atoms with Gasteiger partial charge in [-0.15, -0.1) is 0 Å². The highest BCUT2D eigenvalue weighted by atomic mass is 32.2. The van der Waals surface area contributed by atoms with Crippen molar-refractivity contribution in [1.29, 1.82) is 0 Å². The van der Waals surface area contributed by atoms with E-state index in [1.807, 2.05) is 6.92 Å². The molecule has 56 valence electrons. The molecule has 0 bridgehead atoms. The maximum absolute atomic E-state index is 10.5. The molecule has 0 aliphatic heterocycles. The maximum atomic E-state index is 10.5. The average molecular weight is 150 g/mol. The molecule has 0 N–H and O–H groups in total. The smallest absolute Gasteiger partial charge is 0.0474 e. The largest absolute Gasteiger partial charge is 0.382 e. The van der Waals surface area contributed by atoms with Gasteiger partial charge in [0.25, 0.3) is 0 Å². The number of hydrogen-bond donors (Lipinski definition) is 0. The summed E-state index contributed by atoms with van der Waals surface area (Å²) in [6.07, 6.45) is 2.63. The SMILES string of the molecule is CCOCCCS(C)=O. The van der Waals surface area contributed by atoms with Crippen LogP contribution in [0.25, 0.3) is 0 Å². The van der Waals surface area contributed by atoms with Gasteiger partial charge < -0.3 is 4.74 Å². The summed E-state index contributed by atoms with van der Waals surface area (Å²) >= 11 is 0. The molecule has 0 aromatic carbocycles. The molecule has 1 atom stereocenters. The zero-order chi connectivity index (χ0) is 7.11. The van der Waals surface area contributed by atoms with Crippen LogP contribution in [0.2, 0.25) is 0 Å². The Labute approximate surface area is 59.1 Å².